The maximum Gasteiger partial charge on any atom is 0.332 e. The van der Waals surface area contributed by atoms with E-state index in [0.717, 1.165) is 15.5 Å². The molecule has 29 heavy (non-hydrogen) atoms. The number of aromatic amines is 1. The number of carbonyl (C=O) groups excluding carboxylic acids is 1. The monoisotopic (exact) mass is 415 g/mol. The van der Waals surface area contributed by atoms with Gasteiger partial charge in [-0.05, 0) is 18.2 Å². The van der Waals surface area contributed by atoms with Crippen LogP contribution in [-0.4, -0.2) is 36.1 Å². The Morgan fingerprint density at radius 3 is 2.72 bits per heavy atom. The molecule has 0 aliphatic rings. The number of aryl methyl sites for hydroxylation is 2. The molecule has 150 valence electrons. The van der Waals surface area contributed by atoms with Gasteiger partial charge in [0.05, 0.1) is 13.1 Å². The molecule has 1 amide bonds. The second-order valence-corrected chi connectivity index (χ2v) is 7.05. The molecule has 0 spiro atoms. The Bertz CT molecular complexity index is 1390. The van der Waals surface area contributed by atoms with Crippen LogP contribution in [0.5, 0.6) is 0 Å². The van der Waals surface area contributed by atoms with Gasteiger partial charge in [-0.3, -0.25) is 24.0 Å². The van der Waals surface area contributed by atoms with E-state index in [1.165, 1.54) is 16.2 Å². The number of anilines is 1. The average molecular weight is 416 g/mol. The quantitative estimate of drug-likeness (QED) is 0.446. The van der Waals surface area contributed by atoms with E-state index in [9.17, 15) is 14.4 Å². The van der Waals surface area contributed by atoms with Crippen LogP contribution in [0.3, 0.4) is 0 Å². The lowest BCUT2D eigenvalue weighted by molar-refractivity contribution is -0.115. The number of nitrogens with zero attached hydrogens (tertiary/aromatic N) is 4. The molecule has 4 N–H and O–H groups in total. The number of carbonyl (C=O) groups is 1. The lowest BCUT2D eigenvalue weighted by atomic mass is 10.2. The van der Waals surface area contributed by atoms with Crippen LogP contribution in [0.15, 0.2) is 33.9 Å². The van der Waals surface area contributed by atoms with E-state index in [-0.39, 0.29) is 30.2 Å². The number of nitrogens with one attached hydrogen (secondary N) is 2. The number of H-pyrrole nitrogens is 1. The van der Waals surface area contributed by atoms with Crippen molar-refractivity contribution in [3.8, 4) is 0 Å². The summed E-state index contributed by atoms with van der Waals surface area (Å²) >= 11 is 6.21. The Balaban J connectivity index is 1.87. The highest BCUT2D eigenvalue weighted by Crippen LogP contribution is 2.24. The zero-order chi connectivity index (χ0) is 20.9. The Hall–Kier alpha value is -3.37. The molecule has 0 aliphatic heterocycles. The number of fused-ring (bicyclic) bond motifs is 2. The van der Waals surface area contributed by atoms with E-state index in [2.05, 4.69) is 15.3 Å². The van der Waals surface area contributed by atoms with Crippen molar-refractivity contribution in [2.75, 3.05) is 11.9 Å². The van der Waals surface area contributed by atoms with E-state index in [1.54, 1.807) is 13.1 Å². The molecule has 0 fully saturated rings. The van der Waals surface area contributed by atoms with Crippen LogP contribution >= 0.6 is 11.6 Å². The minimum atomic E-state index is -0.526. The molecule has 0 atom stereocenters. The first-order chi connectivity index (χ1) is 13.8. The molecule has 0 saturated heterocycles. The van der Waals surface area contributed by atoms with Crippen LogP contribution in [0.2, 0.25) is 5.02 Å². The van der Waals surface area contributed by atoms with Gasteiger partial charge in [-0.15, -0.1) is 0 Å². The van der Waals surface area contributed by atoms with Crippen molar-refractivity contribution in [2.24, 2.45) is 19.8 Å². The van der Waals surface area contributed by atoms with Gasteiger partial charge in [0.15, 0.2) is 11.2 Å². The smallest absolute Gasteiger partial charge is 0.332 e. The Morgan fingerprint density at radius 2 is 2.03 bits per heavy atom. The summed E-state index contributed by atoms with van der Waals surface area (Å²) in [6, 6.07) is 7.26. The lowest BCUT2D eigenvalue weighted by Gasteiger charge is -2.07. The minimum Gasteiger partial charge on any atom is -0.357 e. The number of hydrogen-bond donors (Lipinski definition) is 3. The summed E-state index contributed by atoms with van der Waals surface area (Å²) < 4.78 is 3.81. The largest absolute Gasteiger partial charge is 0.357 e. The van der Waals surface area contributed by atoms with Gasteiger partial charge in [-0.1, -0.05) is 17.7 Å². The van der Waals surface area contributed by atoms with Crippen LogP contribution in [0, 0.1) is 0 Å². The molecule has 3 heterocycles. The van der Waals surface area contributed by atoms with E-state index in [4.69, 9.17) is 17.3 Å². The zero-order valence-corrected chi connectivity index (χ0v) is 16.4. The summed E-state index contributed by atoms with van der Waals surface area (Å²) in [7, 11) is 3.10. The van der Waals surface area contributed by atoms with Crippen molar-refractivity contribution in [1.29, 1.82) is 0 Å². The van der Waals surface area contributed by atoms with Gasteiger partial charge in [0, 0.05) is 35.7 Å². The third kappa shape index (κ3) is 3.02. The molecule has 3 aromatic heterocycles. The highest BCUT2D eigenvalue weighted by atomic mass is 35.5. The number of imidazole rings is 1. The third-order valence-electron chi connectivity index (χ3n) is 4.79. The standard InChI is InChI=1S/C18H18ClN7O3/c1-24-14-15(23-17(24)22-13(27)7-20)25(2)18(29)26(16(14)28)8-9-6-10-11(19)4-3-5-12(10)21-9/h3-6,21H,7-8,20H2,1-2H3,(H,22,23,27). The van der Waals surface area contributed by atoms with Crippen molar-refractivity contribution in [2.45, 2.75) is 6.54 Å². The predicted molar refractivity (Wildman–Crippen MR) is 110 cm³/mol. The van der Waals surface area contributed by atoms with Crippen molar-refractivity contribution in [1.82, 2.24) is 23.7 Å². The van der Waals surface area contributed by atoms with E-state index in [0.29, 0.717) is 10.7 Å². The SMILES string of the molecule is Cn1c(NC(=O)CN)nc2c1c(=O)n(Cc1cc3c(Cl)cccc3[nH]1)c(=O)n2C. The summed E-state index contributed by atoms with van der Waals surface area (Å²) in [6.45, 7) is -0.197. The summed E-state index contributed by atoms with van der Waals surface area (Å²) in [6.07, 6.45) is 0. The van der Waals surface area contributed by atoms with Crippen molar-refractivity contribution in [3.05, 3.63) is 55.8 Å². The molecular weight excluding hydrogens is 398 g/mol. The third-order valence-corrected chi connectivity index (χ3v) is 5.12. The summed E-state index contributed by atoms with van der Waals surface area (Å²) in [5.41, 5.74) is 6.10. The van der Waals surface area contributed by atoms with Crippen LogP contribution in [-0.2, 0) is 25.4 Å². The number of rotatable bonds is 4. The fraction of sp³-hybridized carbons (Fsp3) is 0.222. The molecule has 0 radical (unpaired) electrons. The number of halogens is 1. The number of nitrogens with two attached hydrogens (primary N) is 1. The highest BCUT2D eigenvalue weighted by molar-refractivity contribution is 6.35. The van der Waals surface area contributed by atoms with Crippen LogP contribution in [0.4, 0.5) is 5.95 Å². The van der Waals surface area contributed by atoms with E-state index >= 15 is 0 Å². The van der Waals surface area contributed by atoms with Gasteiger partial charge in [0.2, 0.25) is 11.9 Å². The predicted octanol–water partition coefficient (Wildman–Crippen LogP) is 0.514. The normalized spacial score (nSPS) is 11.4. The fourth-order valence-corrected chi connectivity index (χ4v) is 3.53. The van der Waals surface area contributed by atoms with Gasteiger partial charge in [0.25, 0.3) is 5.56 Å². The van der Waals surface area contributed by atoms with Crippen LogP contribution in [0.1, 0.15) is 5.69 Å². The molecular formula is C18H18ClN7O3. The van der Waals surface area contributed by atoms with E-state index < -0.39 is 17.2 Å². The van der Waals surface area contributed by atoms with Crippen molar-refractivity contribution < 1.29 is 4.79 Å². The lowest BCUT2D eigenvalue weighted by Crippen LogP contribution is -2.39. The number of benzene rings is 1. The molecule has 0 saturated carbocycles. The minimum absolute atomic E-state index is 0.0299. The van der Waals surface area contributed by atoms with Gasteiger partial charge < -0.3 is 15.3 Å². The molecule has 0 unspecified atom stereocenters. The number of hydrogen-bond acceptors (Lipinski definition) is 5. The average Bonchev–Trinajstić information content (AvgIpc) is 3.25. The zero-order valence-electron chi connectivity index (χ0n) is 15.7. The molecule has 0 bridgehead atoms. The van der Waals surface area contributed by atoms with Crippen molar-refractivity contribution >= 4 is 45.5 Å². The maximum atomic E-state index is 13.1. The van der Waals surface area contributed by atoms with Gasteiger partial charge in [-0.25, -0.2) is 4.79 Å². The topological polar surface area (TPSA) is 133 Å². The first-order valence-corrected chi connectivity index (χ1v) is 9.12. The van der Waals surface area contributed by atoms with E-state index in [1.807, 2.05) is 18.2 Å². The Morgan fingerprint density at radius 1 is 1.28 bits per heavy atom. The van der Waals surface area contributed by atoms with Crippen molar-refractivity contribution in [3.63, 3.8) is 0 Å². The highest BCUT2D eigenvalue weighted by Gasteiger charge is 2.20. The fourth-order valence-electron chi connectivity index (χ4n) is 3.30. The number of amides is 1. The summed E-state index contributed by atoms with van der Waals surface area (Å²) in [5.74, 6) is -0.318. The summed E-state index contributed by atoms with van der Waals surface area (Å²) in [4.78, 5) is 44.9. The second-order valence-electron chi connectivity index (χ2n) is 6.65. The first-order valence-electron chi connectivity index (χ1n) is 8.74. The van der Waals surface area contributed by atoms with Crippen LogP contribution < -0.4 is 22.3 Å². The molecule has 0 aliphatic carbocycles. The van der Waals surface area contributed by atoms with Gasteiger partial charge >= 0.3 is 5.69 Å². The molecule has 1 aromatic carbocycles. The maximum absolute atomic E-state index is 13.1. The molecule has 11 heteroatoms. The van der Waals surface area contributed by atoms with Gasteiger partial charge in [-0.2, -0.15) is 4.98 Å². The Labute approximate surface area is 168 Å². The molecule has 4 aromatic rings. The van der Waals surface area contributed by atoms with Crippen LogP contribution in [0.25, 0.3) is 22.1 Å². The van der Waals surface area contributed by atoms with Gasteiger partial charge in [0.1, 0.15) is 0 Å². The summed E-state index contributed by atoms with van der Waals surface area (Å²) in [5, 5.41) is 3.90. The second kappa shape index (κ2) is 6.90. The Kier molecular flexibility index (Phi) is 4.52. The first kappa shape index (κ1) is 19.0. The molecule has 4 rings (SSSR count). The molecule has 10 nitrogen and oxygen atoms in total. The number of aromatic nitrogens is 5.